The highest BCUT2D eigenvalue weighted by atomic mass is 16.1. The first-order valence-electron chi connectivity index (χ1n) is 4.78. The smallest absolute Gasteiger partial charge is 0.153 e. The van der Waals surface area contributed by atoms with E-state index in [-0.39, 0.29) is 5.57 Å². The molecule has 0 spiro atoms. The third-order valence-corrected chi connectivity index (χ3v) is 2.32. The Morgan fingerprint density at radius 3 is 1.87 bits per heavy atom. The fraction of sp³-hybridized carbons (Fsp3) is 0.231. The van der Waals surface area contributed by atoms with Crippen LogP contribution in [-0.4, -0.2) is 12.6 Å². The summed E-state index contributed by atoms with van der Waals surface area (Å²) in [7, 11) is 0. The summed E-state index contributed by atoms with van der Waals surface area (Å²) in [6.07, 6.45) is 2.78. The van der Waals surface area contributed by atoms with Gasteiger partial charge in [0.15, 0.2) is 12.6 Å². The van der Waals surface area contributed by atoms with E-state index in [2.05, 4.69) is 0 Å². The molecule has 0 aliphatic carbocycles. The van der Waals surface area contributed by atoms with Gasteiger partial charge in [0.05, 0.1) is 5.57 Å². The number of rotatable bonds is 3. The van der Waals surface area contributed by atoms with Gasteiger partial charge in [0.2, 0.25) is 0 Å². The number of aldehydes is 2. The number of allylic oxidation sites excluding steroid dienone is 1. The summed E-state index contributed by atoms with van der Waals surface area (Å²) < 4.78 is 0. The van der Waals surface area contributed by atoms with Crippen LogP contribution in [0.2, 0.25) is 0 Å². The third-order valence-electron chi connectivity index (χ3n) is 2.32. The second-order valence-electron chi connectivity index (χ2n) is 3.69. The number of carbonyl (C=O) groups excluding carboxylic acids is 2. The molecule has 78 valence electrons. The van der Waals surface area contributed by atoms with Crippen molar-refractivity contribution in [1.29, 1.82) is 0 Å². The molecule has 15 heavy (non-hydrogen) atoms. The van der Waals surface area contributed by atoms with Gasteiger partial charge in [-0.05, 0) is 43.5 Å². The van der Waals surface area contributed by atoms with E-state index in [1.165, 1.54) is 5.56 Å². The highest BCUT2D eigenvalue weighted by molar-refractivity contribution is 6.04. The average Bonchev–Trinajstić information content (AvgIpc) is 2.17. The number of carbonyl (C=O) groups is 2. The van der Waals surface area contributed by atoms with Gasteiger partial charge in [-0.1, -0.05) is 17.7 Å². The lowest BCUT2D eigenvalue weighted by Crippen LogP contribution is -1.92. The minimum Gasteiger partial charge on any atom is -0.298 e. The van der Waals surface area contributed by atoms with Gasteiger partial charge < -0.3 is 0 Å². The zero-order chi connectivity index (χ0) is 11.4. The first kappa shape index (κ1) is 11.4. The van der Waals surface area contributed by atoms with E-state index in [9.17, 15) is 9.59 Å². The zero-order valence-electron chi connectivity index (χ0n) is 9.20. The zero-order valence-corrected chi connectivity index (χ0v) is 9.20. The fourth-order valence-electron chi connectivity index (χ4n) is 1.68. The van der Waals surface area contributed by atoms with Gasteiger partial charge in [0, 0.05) is 0 Å². The van der Waals surface area contributed by atoms with Gasteiger partial charge in [-0.3, -0.25) is 9.59 Å². The minimum atomic E-state index is 0.171. The molecule has 1 rings (SSSR count). The van der Waals surface area contributed by atoms with Crippen LogP contribution in [0.4, 0.5) is 0 Å². The third kappa shape index (κ3) is 2.62. The molecule has 0 fully saturated rings. The van der Waals surface area contributed by atoms with Crippen molar-refractivity contribution in [2.75, 3.05) is 0 Å². The molecule has 0 saturated carbocycles. The lowest BCUT2D eigenvalue weighted by Gasteiger charge is -2.07. The standard InChI is InChI=1S/C13H14O2/c1-9-4-10(2)13(11(3)5-9)6-12(7-14)8-15/h4-8H,1-3H3. The van der Waals surface area contributed by atoms with Crippen LogP contribution < -0.4 is 0 Å². The molecule has 0 aliphatic heterocycles. The molecule has 0 aromatic heterocycles. The van der Waals surface area contributed by atoms with Crippen LogP contribution in [0, 0.1) is 20.8 Å². The summed E-state index contributed by atoms with van der Waals surface area (Å²) in [6, 6.07) is 4.07. The van der Waals surface area contributed by atoms with Crippen LogP contribution in [0.15, 0.2) is 17.7 Å². The molecule has 2 heteroatoms. The van der Waals surface area contributed by atoms with E-state index in [0.29, 0.717) is 12.6 Å². The van der Waals surface area contributed by atoms with Gasteiger partial charge in [0.25, 0.3) is 0 Å². The number of hydrogen-bond donors (Lipinski definition) is 0. The van der Waals surface area contributed by atoms with Crippen molar-refractivity contribution >= 4 is 18.6 Å². The number of benzene rings is 1. The predicted molar refractivity (Wildman–Crippen MR) is 60.8 cm³/mol. The van der Waals surface area contributed by atoms with Crippen LogP contribution >= 0.6 is 0 Å². The van der Waals surface area contributed by atoms with Crippen molar-refractivity contribution in [3.63, 3.8) is 0 Å². The van der Waals surface area contributed by atoms with E-state index in [4.69, 9.17) is 0 Å². The first-order valence-corrected chi connectivity index (χ1v) is 4.78. The van der Waals surface area contributed by atoms with E-state index < -0.39 is 0 Å². The second-order valence-corrected chi connectivity index (χ2v) is 3.69. The average molecular weight is 202 g/mol. The lowest BCUT2D eigenvalue weighted by atomic mass is 9.98. The summed E-state index contributed by atoms with van der Waals surface area (Å²) in [4.78, 5) is 21.1. The molecule has 2 nitrogen and oxygen atoms in total. The SMILES string of the molecule is Cc1cc(C)c(C=C(C=O)C=O)c(C)c1. The molecule has 0 unspecified atom stereocenters. The predicted octanol–water partition coefficient (Wildman–Crippen LogP) is 2.39. The van der Waals surface area contributed by atoms with Crippen molar-refractivity contribution in [3.8, 4) is 0 Å². The minimum absolute atomic E-state index is 0.171. The van der Waals surface area contributed by atoms with Gasteiger partial charge in [-0.2, -0.15) is 0 Å². The Morgan fingerprint density at radius 2 is 1.47 bits per heavy atom. The van der Waals surface area contributed by atoms with Gasteiger partial charge in [-0.15, -0.1) is 0 Å². The van der Waals surface area contributed by atoms with Crippen LogP contribution in [0.25, 0.3) is 6.08 Å². The Balaban J connectivity index is 3.31. The molecule has 0 bridgehead atoms. The molecule has 0 atom stereocenters. The van der Waals surface area contributed by atoms with E-state index in [1.54, 1.807) is 6.08 Å². The highest BCUT2D eigenvalue weighted by Crippen LogP contribution is 2.18. The van der Waals surface area contributed by atoms with Crippen molar-refractivity contribution in [3.05, 3.63) is 40.0 Å². The Hall–Kier alpha value is -1.70. The number of hydrogen-bond acceptors (Lipinski definition) is 2. The molecule has 0 amide bonds. The summed E-state index contributed by atoms with van der Waals surface area (Å²) >= 11 is 0. The van der Waals surface area contributed by atoms with Crippen molar-refractivity contribution in [2.45, 2.75) is 20.8 Å². The Kier molecular flexibility index (Phi) is 3.56. The van der Waals surface area contributed by atoms with Crippen LogP contribution in [-0.2, 0) is 9.59 Å². The van der Waals surface area contributed by atoms with Gasteiger partial charge in [-0.25, -0.2) is 0 Å². The monoisotopic (exact) mass is 202 g/mol. The molecule has 0 radical (unpaired) electrons. The van der Waals surface area contributed by atoms with Crippen LogP contribution in [0.1, 0.15) is 22.3 Å². The van der Waals surface area contributed by atoms with E-state index in [0.717, 1.165) is 16.7 Å². The van der Waals surface area contributed by atoms with Gasteiger partial charge >= 0.3 is 0 Å². The summed E-state index contributed by atoms with van der Waals surface area (Å²) in [5, 5.41) is 0. The molecular weight excluding hydrogens is 188 g/mol. The second kappa shape index (κ2) is 4.69. The lowest BCUT2D eigenvalue weighted by molar-refractivity contribution is -0.109. The highest BCUT2D eigenvalue weighted by Gasteiger charge is 2.02. The molecular formula is C13H14O2. The largest absolute Gasteiger partial charge is 0.298 e. The molecule has 0 aliphatic rings. The summed E-state index contributed by atoms with van der Waals surface area (Å²) in [5.41, 5.74) is 4.46. The van der Waals surface area contributed by atoms with E-state index >= 15 is 0 Å². The van der Waals surface area contributed by atoms with Crippen molar-refractivity contribution < 1.29 is 9.59 Å². The Morgan fingerprint density at radius 1 is 1.00 bits per heavy atom. The first-order chi connectivity index (χ1) is 7.08. The normalized spacial score (nSPS) is 9.53. The molecule has 0 saturated heterocycles. The van der Waals surface area contributed by atoms with Crippen molar-refractivity contribution in [2.24, 2.45) is 0 Å². The van der Waals surface area contributed by atoms with E-state index in [1.807, 2.05) is 32.9 Å². The van der Waals surface area contributed by atoms with Crippen LogP contribution in [0.5, 0.6) is 0 Å². The Bertz CT molecular complexity index is 395. The molecule has 1 aromatic carbocycles. The maximum absolute atomic E-state index is 10.5. The summed E-state index contributed by atoms with van der Waals surface area (Å²) in [6.45, 7) is 5.96. The summed E-state index contributed by atoms with van der Waals surface area (Å²) in [5.74, 6) is 0. The fourth-order valence-corrected chi connectivity index (χ4v) is 1.68. The molecule has 1 aromatic rings. The Labute approximate surface area is 89.6 Å². The van der Waals surface area contributed by atoms with Crippen LogP contribution in [0.3, 0.4) is 0 Å². The molecule has 0 N–H and O–H groups in total. The quantitative estimate of drug-likeness (QED) is 0.326. The maximum atomic E-state index is 10.5. The molecule has 0 heterocycles. The topological polar surface area (TPSA) is 34.1 Å². The van der Waals surface area contributed by atoms with Gasteiger partial charge in [0.1, 0.15) is 0 Å². The maximum Gasteiger partial charge on any atom is 0.153 e. The van der Waals surface area contributed by atoms with Crippen molar-refractivity contribution in [1.82, 2.24) is 0 Å². The number of aryl methyl sites for hydroxylation is 3.